The molecule has 0 aliphatic heterocycles. The number of aromatic nitrogens is 1. The molecule has 0 unspecified atom stereocenters. The van der Waals surface area contributed by atoms with Gasteiger partial charge in [0, 0.05) is 11.1 Å². The number of nitro groups is 1. The minimum Gasteiger partial charge on any atom is -0.434 e. The lowest BCUT2D eigenvalue weighted by atomic mass is 10.3. The Kier molecular flexibility index (Phi) is 3.64. The lowest BCUT2D eigenvalue weighted by Gasteiger charge is -2.05. The summed E-state index contributed by atoms with van der Waals surface area (Å²) < 4.78 is 5.31. The molecule has 1 aromatic heterocycles. The second-order valence-corrected chi connectivity index (χ2v) is 4.10. The van der Waals surface area contributed by atoms with Gasteiger partial charge >= 0.3 is 11.6 Å². The summed E-state index contributed by atoms with van der Waals surface area (Å²) in [4.78, 5) is 14.0. The van der Waals surface area contributed by atoms with Crippen LogP contribution in [0.5, 0.6) is 11.6 Å². The first-order chi connectivity index (χ1) is 8.56. The molecule has 2 aromatic rings. The standard InChI is InChI=1S/C11H6Cl2N2O3/c12-7-1-3-8(4-2-7)18-11-9(15(16)17)5-6-10(13)14-11/h1-6H. The normalized spacial score (nSPS) is 10.1. The van der Waals surface area contributed by atoms with E-state index < -0.39 is 4.92 Å². The van der Waals surface area contributed by atoms with Crippen molar-refractivity contribution < 1.29 is 9.66 Å². The molecule has 1 heterocycles. The molecule has 0 N–H and O–H groups in total. The maximum absolute atomic E-state index is 10.8. The minimum atomic E-state index is -0.589. The number of benzene rings is 1. The number of halogens is 2. The van der Waals surface area contributed by atoms with Crippen LogP contribution in [0.2, 0.25) is 10.2 Å². The maximum Gasteiger partial charge on any atom is 0.331 e. The van der Waals surface area contributed by atoms with Gasteiger partial charge < -0.3 is 4.74 Å². The molecule has 0 fully saturated rings. The highest BCUT2D eigenvalue weighted by molar-refractivity contribution is 6.30. The SMILES string of the molecule is O=[N+]([O-])c1ccc(Cl)nc1Oc1ccc(Cl)cc1. The molecule has 0 saturated carbocycles. The second-order valence-electron chi connectivity index (χ2n) is 3.27. The van der Waals surface area contributed by atoms with Gasteiger partial charge in [-0.15, -0.1) is 0 Å². The van der Waals surface area contributed by atoms with Crippen LogP contribution in [0.3, 0.4) is 0 Å². The van der Waals surface area contributed by atoms with Crippen LogP contribution in [-0.2, 0) is 0 Å². The molecule has 0 spiro atoms. The fourth-order valence-electron chi connectivity index (χ4n) is 1.24. The smallest absolute Gasteiger partial charge is 0.331 e. The number of hydrogen-bond acceptors (Lipinski definition) is 4. The fourth-order valence-corrected chi connectivity index (χ4v) is 1.50. The van der Waals surface area contributed by atoms with E-state index in [0.717, 1.165) is 0 Å². The van der Waals surface area contributed by atoms with Crippen LogP contribution in [0.4, 0.5) is 5.69 Å². The Hall–Kier alpha value is -1.85. The van der Waals surface area contributed by atoms with Crippen LogP contribution in [0.15, 0.2) is 36.4 Å². The molecule has 0 bridgehead atoms. The van der Waals surface area contributed by atoms with Gasteiger partial charge in [-0.2, -0.15) is 4.98 Å². The Labute approximate surface area is 112 Å². The van der Waals surface area contributed by atoms with E-state index in [-0.39, 0.29) is 16.7 Å². The van der Waals surface area contributed by atoms with Crippen LogP contribution >= 0.6 is 23.2 Å². The summed E-state index contributed by atoms with van der Waals surface area (Å²) in [5, 5.41) is 11.5. The van der Waals surface area contributed by atoms with E-state index in [9.17, 15) is 10.1 Å². The predicted molar refractivity (Wildman–Crippen MR) is 67.4 cm³/mol. The average Bonchev–Trinajstić information content (AvgIpc) is 2.32. The van der Waals surface area contributed by atoms with Crippen molar-refractivity contribution in [2.75, 3.05) is 0 Å². The molecule has 0 radical (unpaired) electrons. The molecule has 7 heteroatoms. The Morgan fingerprint density at radius 2 is 1.78 bits per heavy atom. The third-order valence-corrected chi connectivity index (χ3v) is 2.49. The zero-order chi connectivity index (χ0) is 13.1. The first kappa shape index (κ1) is 12.6. The van der Waals surface area contributed by atoms with Crippen LogP contribution in [0.25, 0.3) is 0 Å². The largest absolute Gasteiger partial charge is 0.434 e. The highest BCUT2D eigenvalue weighted by Gasteiger charge is 2.18. The van der Waals surface area contributed by atoms with E-state index in [4.69, 9.17) is 27.9 Å². The van der Waals surface area contributed by atoms with Gasteiger partial charge in [-0.1, -0.05) is 23.2 Å². The van der Waals surface area contributed by atoms with Crippen LogP contribution in [0.1, 0.15) is 0 Å². The third-order valence-electron chi connectivity index (χ3n) is 2.03. The van der Waals surface area contributed by atoms with Crippen LogP contribution < -0.4 is 4.74 Å². The number of hydrogen-bond donors (Lipinski definition) is 0. The first-order valence-electron chi connectivity index (χ1n) is 4.80. The summed E-state index contributed by atoms with van der Waals surface area (Å²) in [5.41, 5.74) is -0.255. The zero-order valence-electron chi connectivity index (χ0n) is 8.84. The van der Waals surface area contributed by atoms with Gasteiger partial charge in [-0.3, -0.25) is 10.1 Å². The molecule has 0 atom stereocenters. The summed E-state index contributed by atoms with van der Waals surface area (Å²) in [6.07, 6.45) is 0. The van der Waals surface area contributed by atoms with Crippen molar-refractivity contribution in [1.29, 1.82) is 0 Å². The lowest BCUT2D eigenvalue weighted by Crippen LogP contribution is -1.96. The molecule has 0 aliphatic carbocycles. The van der Waals surface area contributed by atoms with Crippen molar-refractivity contribution in [3.63, 3.8) is 0 Å². The Morgan fingerprint density at radius 3 is 2.39 bits per heavy atom. The Morgan fingerprint density at radius 1 is 1.11 bits per heavy atom. The van der Waals surface area contributed by atoms with E-state index in [2.05, 4.69) is 4.98 Å². The molecule has 0 aliphatic rings. The number of rotatable bonds is 3. The van der Waals surface area contributed by atoms with Crippen molar-refractivity contribution >= 4 is 28.9 Å². The van der Waals surface area contributed by atoms with Crippen molar-refractivity contribution in [2.45, 2.75) is 0 Å². The molecular formula is C11H6Cl2N2O3. The van der Waals surface area contributed by atoms with E-state index in [1.807, 2.05) is 0 Å². The molecule has 18 heavy (non-hydrogen) atoms. The monoisotopic (exact) mass is 284 g/mol. The Bertz CT molecular complexity index is 587. The fraction of sp³-hybridized carbons (Fsp3) is 0. The predicted octanol–water partition coefficient (Wildman–Crippen LogP) is 4.09. The number of ether oxygens (including phenoxy) is 1. The van der Waals surface area contributed by atoms with Crippen LogP contribution in [-0.4, -0.2) is 9.91 Å². The average molecular weight is 285 g/mol. The topological polar surface area (TPSA) is 65.3 Å². The third kappa shape index (κ3) is 2.88. The summed E-state index contributed by atoms with van der Waals surface area (Å²) in [6.45, 7) is 0. The molecule has 2 rings (SSSR count). The van der Waals surface area contributed by atoms with Crippen molar-refractivity contribution in [3.8, 4) is 11.6 Å². The number of pyridine rings is 1. The zero-order valence-corrected chi connectivity index (χ0v) is 10.4. The van der Waals surface area contributed by atoms with Gasteiger partial charge in [0.25, 0.3) is 0 Å². The van der Waals surface area contributed by atoms with Crippen molar-refractivity contribution in [1.82, 2.24) is 4.98 Å². The highest BCUT2D eigenvalue weighted by Crippen LogP contribution is 2.30. The first-order valence-corrected chi connectivity index (χ1v) is 5.56. The van der Waals surface area contributed by atoms with Gasteiger partial charge in [-0.25, -0.2) is 0 Å². The van der Waals surface area contributed by atoms with E-state index in [1.165, 1.54) is 12.1 Å². The second kappa shape index (κ2) is 5.20. The van der Waals surface area contributed by atoms with Crippen molar-refractivity contribution in [2.24, 2.45) is 0 Å². The Balaban J connectivity index is 2.35. The maximum atomic E-state index is 10.8. The van der Waals surface area contributed by atoms with Gasteiger partial charge in [-0.05, 0) is 30.3 Å². The summed E-state index contributed by atoms with van der Waals surface area (Å²) in [7, 11) is 0. The van der Waals surface area contributed by atoms with Crippen molar-refractivity contribution in [3.05, 3.63) is 56.7 Å². The van der Waals surface area contributed by atoms with E-state index >= 15 is 0 Å². The van der Waals surface area contributed by atoms with Gasteiger partial charge in [0.2, 0.25) is 0 Å². The highest BCUT2D eigenvalue weighted by atomic mass is 35.5. The molecule has 5 nitrogen and oxygen atoms in total. The number of nitrogens with zero attached hydrogens (tertiary/aromatic N) is 2. The lowest BCUT2D eigenvalue weighted by molar-refractivity contribution is -0.386. The summed E-state index contributed by atoms with van der Waals surface area (Å²) in [6, 6.07) is 8.93. The van der Waals surface area contributed by atoms with Gasteiger partial charge in [0.1, 0.15) is 10.9 Å². The molecule has 0 saturated heterocycles. The summed E-state index contributed by atoms with van der Waals surface area (Å²) >= 11 is 11.4. The van der Waals surface area contributed by atoms with Crippen LogP contribution in [0, 0.1) is 10.1 Å². The minimum absolute atomic E-state index is 0.115. The van der Waals surface area contributed by atoms with Gasteiger partial charge in [0.15, 0.2) is 0 Å². The molecule has 0 amide bonds. The van der Waals surface area contributed by atoms with Gasteiger partial charge in [0.05, 0.1) is 4.92 Å². The molecule has 92 valence electrons. The summed E-state index contributed by atoms with van der Waals surface area (Å²) in [5.74, 6) is 0.229. The van der Waals surface area contributed by atoms with E-state index in [1.54, 1.807) is 24.3 Å². The molecular weight excluding hydrogens is 279 g/mol. The quantitative estimate of drug-likeness (QED) is 0.484. The van der Waals surface area contributed by atoms with E-state index in [0.29, 0.717) is 10.8 Å². The molecule has 1 aromatic carbocycles.